The van der Waals surface area contributed by atoms with E-state index in [2.05, 4.69) is 56.7 Å². The largest absolute Gasteiger partial charge is 0.490 e. The number of fused-ring (bicyclic) bond motifs is 1. The number of hydrogen-bond acceptors (Lipinski definition) is 6. The molecule has 3 aromatic rings. The second kappa shape index (κ2) is 14.7. The van der Waals surface area contributed by atoms with E-state index in [1.807, 2.05) is 25.1 Å². The molecule has 12 heteroatoms. The van der Waals surface area contributed by atoms with Gasteiger partial charge in [0.15, 0.2) is 11.6 Å². The SMILES string of the molecule is CCC(=O)CCCCC[C@H](NC(=O)[C@H]1CCN(C)C1)c1nnc(-c2ccc3ccccc3c2)[nH]1.O=C(O)C(F)(F)F. The Morgan fingerprint density at radius 1 is 1.10 bits per heavy atom. The number of amides is 1. The lowest BCUT2D eigenvalue weighted by Crippen LogP contribution is -2.35. The first-order valence-electron chi connectivity index (χ1n) is 13.7. The van der Waals surface area contributed by atoms with E-state index in [9.17, 15) is 22.8 Å². The van der Waals surface area contributed by atoms with E-state index >= 15 is 0 Å². The minimum absolute atomic E-state index is 0.0116. The maximum atomic E-state index is 13.0. The van der Waals surface area contributed by atoms with Gasteiger partial charge >= 0.3 is 12.1 Å². The fourth-order valence-corrected chi connectivity index (χ4v) is 4.64. The summed E-state index contributed by atoms with van der Waals surface area (Å²) >= 11 is 0. The molecule has 4 rings (SSSR count). The van der Waals surface area contributed by atoms with E-state index in [1.54, 1.807) is 0 Å². The van der Waals surface area contributed by atoms with E-state index in [1.165, 1.54) is 5.39 Å². The maximum Gasteiger partial charge on any atom is 0.490 e. The summed E-state index contributed by atoms with van der Waals surface area (Å²) in [5.41, 5.74) is 0.970. The summed E-state index contributed by atoms with van der Waals surface area (Å²) in [5, 5.41) is 21.5. The van der Waals surface area contributed by atoms with Crippen molar-refractivity contribution in [3.63, 3.8) is 0 Å². The van der Waals surface area contributed by atoms with Gasteiger partial charge in [-0.15, -0.1) is 10.2 Å². The Labute approximate surface area is 236 Å². The molecule has 0 bridgehead atoms. The van der Waals surface area contributed by atoms with Gasteiger partial charge in [0.2, 0.25) is 5.91 Å². The summed E-state index contributed by atoms with van der Waals surface area (Å²) in [6.45, 7) is 3.64. The van der Waals surface area contributed by atoms with Gasteiger partial charge in [-0.1, -0.05) is 56.2 Å². The molecule has 2 atom stereocenters. The molecular formula is C29H36F3N5O4. The number of nitrogens with zero attached hydrogens (tertiary/aromatic N) is 3. The average molecular weight is 576 g/mol. The predicted molar refractivity (Wildman–Crippen MR) is 148 cm³/mol. The van der Waals surface area contributed by atoms with Crippen molar-refractivity contribution < 1.29 is 32.7 Å². The standard InChI is InChI=1S/C27H35N5O2.C2HF3O2/c1-3-23(33)11-5-4-6-12-24(28-27(34)22-15-16-32(2)18-22)26-29-25(30-31-26)21-14-13-19-9-7-8-10-20(19)17-21;3-2(4,5)1(6)7/h7-10,13-14,17,22,24H,3-6,11-12,15-16,18H2,1-2H3,(H,28,34)(H,29,30,31);(H,6,7)/t22-,24-;/m0./s1. The average Bonchev–Trinajstić information content (AvgIpc) is 3.61. The zero-order chi connectivity index (χ0) is 30.0. The van der Waals surface area contributed by atoms with Crippen LogP contribution in [0.2, 0.25) is 0 Å². The molecule has 9 nitrogen and oxygen atoms in total. The molecule has 0 saturated carbocycles. The Morgan fingerprint density at radius 3 is 2.44 bits per heavy atom. The predicted octanol–water partition coefficient (Wildman–Crippen LogP) is 5.30. The van der Waals surface area contributed by atoms with Crippen molar-refractivity contribution in [3.8, 4) is 11.4 Å². The van der Waals surface area contributed by atoms with Crippen molar-refractivity contribution >= 4 is 28.4 Å². The number of H-pyrrole nitrogens is 1. The number of aromatic amines is 1. The number of nitrogens with one attached hydrogen (secondary N) is 2. The van der Waals surface area contributed by atoms with Gasteiger partial charge in [0.25, 0.3) is 0 Å². The minimum atomic E-state index is -5.08. The van der Waals surface area contributed by atoms with E-state index in [0.29, 0.717) is 30.3 Å². The highest BCUT2D eigenvalue weighted by molar-refractivity contribution is 5.86. The highest BCUT2D eigenvalue weighted by atomic mass is 19.4. The number of carboxylic acid groups (broad SMARTS) is 1. The minimum Gasteiger partial charge on any atom is -0.475 e. The van der Waals surface area contributed by atoms with Crippen molar-refractivity contribution in [1.29, 1.82) is 0 Å². The molecule has 0 radical (unpaired) electrons. The number of carbonyl (C=O) groups is 3. The first-order valence-corrected chi connectivity index (χ1v) is 13.7. The number of rotatable bonds is 11. The van der Waals surface area contributed by atoms with Gasteiger partial charge in [-0.25, -0.2) is 4.79 Å². The van der Waals surface area contributed by atoms with Gasteiger partial charge in [0, 0.05) is 24.9 Å². The van der Waals surface area contributed by atoms with Crippen LogP contribution in [0.5, 0.6) is 0 Å². The lowest BCUT2D eigenvalue weighted by molar-refractivity contribution is -0.192. The van der Waals surface area contributed by atoms with E-state index in [-0.39, 0.29) is 17.9 Å². The topological polar surface area (TPSA) is 128 Å². The number of carbonyl (C=O) groups excluding carboxylic acids is 2. The van der Waals surface area contributed by atoms with Crippen LogP contribution in [0.25, 0.3) is 22.2 Å². The molecule has 1 aromatic heterocycles. The summed E-state index contributed by atoms with van der Waals surface area (Å²) in [6, 6.07) is 14.2. The van der Waals surface area contributed by atoms with Crippen molar-refractivity contribution in [2.75, 3.05) is 20.1 Å². The molecule has 2 aromatic carbocycles. The zero-order valence-electron chi connectivity index (χ0n) is 23.2. The number of alkyl halides is 3. The van der Waals surface area contributed by atoms with Crippen LogP contribution in [0.3, 0.4) is 0 Å². The van der Waals surface area contributed by atoms with E-state index in [0.717, 1.165) is 56.1 Å². The molecule has 3 N–H and O–H groups in total. The normalized spacial score (nSPS) is 16.2. The summed E-state index contributed by atoms with van der Waals surface area (Å²) in [6.07, 6.45) is 0.558. The molecule has 1 amide bonds. The molecule has 1 saturated heterocycles. The molecule has 0 unspecified atom stereocenters. The van der Waals surface area contributed by atoms with Crippen molar-refractivity contribution in [1.82, 2.24) is 25.4 Å². The zero-order valence-corrected chi connectivity index (χ0v) is 23.2. The molecule has 1 aliphatic rings. The fourth-order valence-electron chi connectivity index (χ4n) is 4.64. The highest BCUT2D eigenvalue weighted by Crippen LogP contribution is 2.25. The fraction of sp³-hybridized carbons (Fsp3) is 0.483. The lowest BCUT2D eigenvalue weighted by Gasteiger charge is -2.19. The second-order valence-electron chi connectivity index (χ2n) is 10.2. The van der Waals surface area contributed by atoms with E-state index < -0.39 is 12.1 Å². The van der Waals surface area contributed by atoms with Crippen LogP contribution in [0.1, 0.15) is 63.7 Å². The number of likely N-dealkylation sites (tertiary alicyclic amines) is 1. The van der Waals surface area contributed by atoms with Gasteiger partial charge in [-0.2, -0.15) is 13.2 Å². The van der Waals surface area contributed by atoms with Crippen LogP contribution in [-0.2, 0) is 14.4 Å². The highest BCUT2D eigenvalue weighted by Gasteiger charge is 2.38. The van der Waals surface area contributed by atoms with Crippen LogP contribution >= 0.6 is 0 Å². The molecular weight excluding hydrogens is 539 g/mol. The Kier molecular flexibility index (Phi) is 11.4. The Bertz CT molecular complexity index is 1330. The van der Waals surface area contributed by atoms with Crippen molar-refractivity contribution in [2.24, 2.45) is 5.92 Å². The Hall–Kier alpha value is -3.80. The molecule has 2 heterocycles. The van der Waals surface area contributed by atoms with Crippen LogP contribution in [-0.4, -0.2) is 69.2 Å². The van der Waals surface area contributed by atoms with Crippen LogP contribution in [0.4, 0.5) is 13.2 Å². The van der Waals surface area contributed by atoms with E-state index in [4.69, 9.17) is 9.90 Å². The quantitative estimate of drug-likeness (QED) is 0.265. The van der Waals surface area contributed by atoms with Crippen LogP contribution in [0.15, 0.2) is 42.5 Å². The molecule has 1 fully saturated rings. The summed E-state index contributed by atoms with van der Waals surface area (Å²) < 4.78 is 31.7. The Balaban J connectivity index is 0.000000587. The summed E-state index contributed by atoms with van der Waals surface area (Å²) in [4.78, 5) is 39.0. The lowest BCUT2D eigenvalue weighted by atomic mass is 10.0. The molecule has 1 aliphatic heterocycles. The van der Waals surface area contributed by atoms with Gasteiger partial charge in [-0.05, 0) is 49.7 Å². The van der Waals surface area contributed by atoms with Crippen LogP contribution < -0.4 is 5.32 Å². The van der Waals surface area contributed by atoms with Gasteiger partial charge < -0.3 is 20.3 Å². The first-order chi connectivity index (χ1) is 19.5. The number of aromatic nitrogens is 3. The number of Topliss-reactive ketones (excluding diaryl/α,β-unsaturated/α-hetero) is 1. The number of benzene rings is 2. The molecule has 41 heavy (non-hydrogen) atoms. The van der Waals surface area contributed by atoms with Gasteiger partial charge in [0.05, 0.1) is 12.0 Å². The number of carboxylic acids is 1. The molecule has 0 spiro atoms. The number of aliphatic carboxylic acids is 1. The smallest absolute Gasteiger partial charge is 0.475 e. The van der Waals surface area contributed by atoms with Crippen molar-refractivity contribution in [2.45, 2.75) is 64.1 Å². The first kappa shape index (κ1) is 31.7. The second-order valence-corrected chi connectivity index (χ2v) is 10.2. The third-order valence-electron chi connectivity index (χ3n) is 7.02. The van der Waals surface area contributed by atoms with Gasteiger partial charge in [0.1, 0.15) is 5.78 Å². The maximum absolute atomic E-state index is 13.0. The van der Waals surface area contributed by atoms with Gasteiger partial charge in [-0.3, -0.25) is 9.59 Å². The number of ketones is 1. The summed E-state index contributed by atoms with van der Waals surface area (Å²) in [7, 11) is 2.05. The number of unbranched alkanes of at least 4 members (excludes halogenated alkanes) is 2. The third-order valence-corrected chi connectivity index (χ3v) is 7.02. The summed E-state index contributed by atoms with van der Waals surface area (Å²) in [5.74, 6) is -0.962. The number of halogens is 3. The number of hydrogen-bond donors (Lipinski definition) is 3. The Morgan fingerprint density at radius 2 is 1.80 bits per heavy atom. The van der Waals surface area contributed by atoms with Crippen molar-refractivity contribution in [3.05, 3.63) is 48.3 Å². The monoisotopic (exact) mass is 575 g/mol. The molecule has 222 valence electrons. The van der Waals surface area contributed by atoms with Crippen LogP contribution in [0, 0.1) is 5.92 Å². The molecule has 0 aliphatic carbocycles. The third kappa shape index (κ3) is 9.66.